The largest absolute Gasteiger partial charge is 0.494 e. The molecule has 25 heavy (non-hydrogen) atoms. The Bertz CT molecular complexity index is 652. The van der Waals surface area contributed by atoms with E-state index in [9.17, 15) is 9.18 Å². The smallest absolute Gasteiger partial charge is 0.226 e. The maximum atomic E-state index is 13.4. The zero-order chi connectivity index (χ0) is 17.4. The molecule has 1 aliphatic carbocycles. The molecule has 0 radical (unpaired) electrons. The van der Waals surface area contributed by atoms with Crippen molar-refractivity contribution in [2.24, 2.45) is 11.3 Å². The molecule has 3 fully saturated rings. The van der Waals surface area contributed by atoms with Crippen molar-refractivity contribution in [2.45, 2.75) is 19.3 Å². The number of hydrogen-bond acceptors (Lipinski definition) is 4. The van der Waals surface area contributed by atoms with Crippen LogP contribution in [-0.2, 0) is 4.79 Å². The lowest BCUT2D eigenvalue weighted by atomic mass is 9.91. The van der Waals surface area contributed by atoms with E-state index in [1.807, 2.05) is 4.90 Å². The molecule has 136 valence electrons. The summed E-state index contributed by atoms with van der Waals surface area (Å²) in [6.07, 6.45) is 3.34. The Morgan fingerprint density at radius 1 is 1.24 bits per heavy atom. The summed E-state index contributed by atoms with van der Waals surface area (Å²) in [4.78, 5) is 17.1. The molecule has 2 heterocycles. The lowest BCUT2D eigenvalue weighted by Gasteiger charge is -2.37. The summed E-state index contributed by atoms with van der Waals surface area (Å²) < 4.78 is 18.7. The predicted octanol–water partition coefficient (Wildman–Crippen LogP) is 1.87. The minimum Gasteiger partial charge on any atom is -0.494 e. The predicted molar refractivity (Wildman–Crippen MR) is 94.4 cm³/mol. The average Bonchev–Trinajstić information content (AvgIpc) is 3.34. The number of amides is 1. The summed E-state index contributed by atoms with van der Waals surface area (Å²) in [5.41, 5.74) is 1.19. The fourth-order valence-electron chi connectivity index (χ4n) is 4.47. The van der Waals surface area contributed by atoms with E-state index in [0.29, 0.717) is 17.1 Å². The molecule has 1 N–H and O–H groups in total. The Balaban J connectivity index is 1.37. The second-order valence-corrected chi connectivity index (χ2v) is 7.50. The summed E-state index contributed by atoms with van der Waals surface area (Å²) in [7, 11) is 1.56. The molecule has 1 saturated carbocycles. The molecule has 0 aromatic heterocycles. The van der Waals surface area contributed by atoms with Crippen molar-refractivity contribution >= 4 is 11.6 Å². The van der Waals surface area contributed by atoms with Gasteiger partial charge in [-0.3, -0.25) is 4.79 Å². The van der Waals surface area contributed by atoms with E-state index in [4.69, 9.17) is 4.74 Å². The van der Waals surface area contributed by atoms with Gasteiger partial charge in [0.25, 0.3) is 0 Å². The van der Waals surface area contributed by atoms with Gasteiger partial charge < -0.3 is 19.9 Å². The van der Waals surface area contributed by atoms with Crippen molar-refractivity contribution in [3.8, 4) is 5.75 Å². The SMILES string of the molecule is COc1cc(F)ccc1N1CCN(C(=O)[C@@H]2CC23CCNCC3)CC1. The third kappa shape index (κ3) is 3.08. The summed E-state index contributed by atoms with van der Waals surface area (Å²) >= 11 is 0. The Hall–Kier alpha value is -1.82. The van der Waals surface area contributed by atoms with Crippen molar-refractivity contribution in [3.63, 3.8) is 0 Å². The van der Waals surface area contributed by atoms with Gasteiger partial charge in [0.05, 0.1) is 12.8 Å². The zero-order valence-electron chi connectivity index (χ0n) is 14.8. The van der Waals surface area contributed by atoms with Gasteiger partial charge in [-0.1, -0.05) is 0 Å². The maximum Gasteiger partial charge on any atom is 0.226 e. The molecule has 5 nitrogen and oxygen atoms in total. The van der Waals surface area contributed by atoms with Crippen LogP contribution in [0.25, 0.3) is 0 Å². The highest BCUT2D eigenvalue weighted by Crippen LogP contribution is 2.59. The molecule has 4 rings (SSSR count). The Morgan fingerprint density at radius 3 is 2.64 bits per heavy atom. The molecular weight excluding hydrogens is 321 g/mol. The first-order valence-corrected chi connectivity index (χ1v) is 9.21. The van der Waals surface area contributed by atoms with E-state index in [1.165, 1.54) is 12.1 Å². The molecule has 6 heteroatoms. The minimum absolute atomic E-state index is 0.238. The number of methoxy groups -OCH3 is 1. The first-order chi connectivity index (χ1) is 12.1. The number of carbonyl (C=O) groups is 1. The van der Waals surface area contributed by atoms with E-state index < -0.39 is 0 Å². The van der Waals surface area contributed by atoms with Gasteiger partial charge in [-0.2, -0.15) is 0 Å². The van der Waals surface area contributed by atoms with E-state index in [1.54, 1.807) is 13.2 Å². The number of nitrogens with zero attached hydrogens (tertiary/aromatic N) is 2. The highest BCUT2D eigenvalue weighted by Gasteiger charge is 2.58. The molecule has 2 aliphatic heterocycles. The summed E-state index contributed by atoms with van der Waals surface area (Å²) in [6.45, 7) is 5.06. The lowest BCUT2D eigenvalue weighted by Crippen LogP contribution is -2.50. The second-order valence-electron chi connectivity index (χ2n) is 7.50. The Kier molecular flexibility index (Phi) is 4.31. The molecule has 0 unspecified atom stereocenters. The molecule has 1 amide bonds. The van der Waals surface area contributed by atoms with Crippen LogP contribution in [0.2, 0.25) is 0 Å². The number of anilines is 1. The standard InChI is InChI=1S/C19H26FN3O2/c1-25-17-12-14(20)2-3-16(17)22-8-10-23(11-9-22)18(24)15-13-19(15)4-6-21-7-5-19/h2-3,12,15,21H,4-11,13H2,1H3/t15-/m0/s1. The van der Waals surface area contributed by atoms with Crippen LogP contribution >= 0.6 is 0 Å². The van der Waals surface area contributed by atoms with Gasteiger partial charge in [0, 0.05) is 38.2 Å². The van der Waals surface area contributed by atoms with Crippen LogP contribution in [-0.4, -0.2) is 57.2 Å². The van der Waals surface area contributed by atoms with Crippen molar-refractivity contribution in [1.29, 1.82) is 0 Å². The quantitative estimate of drug-likeness (QED) is 0.907. The number of carbonyl (C=O) groups excluding carboxylic acids is 1. The highest BCUT2D eigenvalue weighted by molar-refractivity contribution is 5.83. The summed E-state index contributed by atoms with van der Waals surface area (Å²) in [5.74, 6) is 0.833. The number of ether oxygens (including phenoxy) is 1. The molecule has 0 bridgehead atoms. The number of nitrogens with one attached hydrogen (secondary N) is 1. The third-order valence-corrected chi connectivity index (χ3v) is 6.16. The summed E-state index contributed by atoms with van der Waals surface area (Å²) in [6, 6.07) is 4.63. The first kappa shape index (κ1) is 16.6. The molecule has 2 saturated heterocycles. The third-order valence-electron chi connectivity index (χ3n) is 6.16. The monoisotopic (exact) mass is 347 g/mol. The normalized spacial score (nSPS) is 25.1. The van der Waals surface area contributed by atoms with Crippen molar-refractivity contribution in [3.05, 3.63) is 24.0 Å². The van der Waals surface area contributed by atoms with Gasteiger partial charge in [-0.25, -0.2) is 4.39 Å². The number of piperazine rings is 1. The molecule has 1 atom stereocenters. The molecular formula is C19H26FN3O2. The maximum absolute atomic E-state index is 13.4. The Morgan fingerprint density at radius 2 is 1.96 bits per heavy atom. The van der Waals surface area contributed by atoms with E-state index in [-0.39, 0.29) is 11.7 Å². The van der Waals surface area contributed by atoms with Crippen LogP contribution in [0.1, 0.15) is 19.3 Å². The van der Waals surface area contributed by atoms with Gasteiger partial charge in [0.1, 0.15) is 11.6 Å². The average molecular weight is 347 g/mol. The van der Waals surface area contributed by atoms with E-state index in [0.717, 1.165) is 64.2 Å². The van der Waals surface area contributed by atoms with Crippen LogP contribution in [0.5, 0.6) is 5.75 Å². The van der Waals surface area contributed by atoms with Crippen LogP contribution in [0.3, 0.4) is 0 Å². The molecule has 1 aromatic rings. The highest BCUT2D eigenvalue weighted by atomic mass is 19.1. The molecule has 1 spiro atoms. The number of hydrogen-bond donors (Lipinski definition) is 1. The van der Waals surface area contributed by atoms with Gasteiger partial charge in [-0.05, 0) is 49.9 Å². The topological polar surface area (TPSA) is 44.8 Å². The fourth-order valence-corrected chi connectivity index (χ4v) is 4.47. The summed E-state index contributed by atoms with van der Waals surface area (Å²) in [5, 5.41) is 3.39. The van der Waals surface area contributed by atoms with Gasteiger partial charge in [0.2, 0.25) is 5.91 Å². The van der Waals surface area contributed by atoms with E-state index >= 15 is 0 Å². The van der Waals surface area contributed by atoms with Crippen molar-refractivity contribution in [1.82, 2.24) is 10.2 Å². The van der Waals surface area contributed by atoms with Crippen LogP contribution < -0.4 is 15.0 Å². The molecule has 3 aliphatic rings. The van der Waals surface area contributed by atoms with Gasteiger partial charge in [0.15, 0.2) is 0 Å². The zero-order valence-corrected chi connectivity index (χ0v) is 14.8. The Labute approximate surface area is 148 Å². The second kappa shape index (κ2) is 6.48. The minimum atomic E-state index is -0.296. The van der Waals surface area contributed by atoms with Crippen molar-refractivity contribution < 1.29 is 13.9 Å². The lowest BCUT2D eigenvalue weighted by molar-refractivity contribution is -0.133. The fraction of sp³-hybridized carbons (Fsp3) is 0.632. The number of halogens is 1. The number of benzene rings is 1. The van der Waals surface area contributed by atoms with Gasteiger partial charge >= 0.3 is 0 Å². The van der Waals surface area contributed by atoms with Crippen LogP contribution in [0.15, 0.2) is 18.2 Å². The van der Waals surface area contributed by atoms with Crippen molar-refractivity contribution in [2.75, 3.05) is 51.3 Å². The van der Waals surface area contributed by atoms with Crippen LogP contribution in [0.4, 0.5) is 10.1 Å². The van der Waals surface area contributed by atoms with Gasteiger partial charge in [-0.15, -0.1) is 0 Å². The number of rotatable bonds is 3. The number of piperidine rings is 1. The van der Waals surface area contributed by atoms with E-state index in [2.05, 4.69) is 10.2 Å². The molecule has 1 aromatic carbocycles. The first-order valence-electron chi connectivity index (χ1n) is 9.21. The van der Waals surface area contributed by atoms with Crippen LogP contribution in [0, 0.1) is 17.2 Å².